The molecule has 0 atom stereocenters. The Morgan fingerprint density at radius 3 is 2.31 bits per heavy atom. The minimum atomic E-state index is -0.550. The van der Waals surface area contributed by atoms with Crippen molar-refractivity contribution in [3.8, 4) is 5.88 Å². The number of hydrogen-bond acceptors (Lipinski definition) is 4. The van der Waals surface area contributed by atoms with Crippen molar-refractivity contribution in [2.45, 2.75) is 104 Å². The molecule has 2 rings (SSSR count). The Morgan fingerprint density at radius 1 is 1.16 bits per heavy atom. The third kappa shape index (κ3) is 9.05. The Bertz CT molecular complexity index is 757. The van der Waals surface area contributed by atoms with Crippen LogP contribution in [-0.4, -0.2) is 39.8 Å². The van der Waals surface area contributed by atoms with Crippen LogP contribution >= 0.6 is 0 Å². The van der Waals surface area contributed by atoms with Crippen LogP contribution in [0.3, 0.4) is 0 Å². The average molecular weight is 447 g/mol. The highest BCUT2D eigenvalue weighted by atomic mass is 16.5. The van der Waals surface area contributed by atoms with Gasteiger partial charge in [0.1, 0.15) is 5.56 Å². The molecule has 180 valence electrons. The van der Waals surface area contributed by atoms with E-state index in [0.717, 1.165) is 25.7 Å². The normalized spacial score (nSPS) is 16.8. The molecule has 1 heterocycles. The molecule has 0 bridgehead atoms. The lowest BCUT2D eigenvalue weighted by Crippen LogP contribution is -2.40. The number of nitrogens with one attached hydrogen (secondary N) is 2. The van der Waals surface area contributed by atoms with Gasteiger partial charge in [0.05, 0.1) is 18.3 Å². The van der Waals surface area contributed by atoms with Crippen LogP contribution in [0.1, 0.15) is 103 Å². The van der Waals surface area contributed by atoms with E-state index >= 15 is 0 Å². The summed E-state index contributed by atoms with van der Waals surface area (Å²) in [6.07, 6.45) is 15.9. The number of aromatic nitrogens is 2. The molecule has 0 unspecified atom stereocenters. The first-order valence-electron chi connectivity index (χ1n) is 12.2. The molecular weight excluding hydrogens is 404 g/mol. The SMILES string of the molecule is CC(=O)NC(C)(C)C=Cn1ncc(C(=O)NC2CCCCCCCCC2)c1OCC(C)C. The molecule has 7 heteroatoms. The van der Waals surface area contributed by atoms with Gasteiger partial charge < -0.3 is 15.4 Å². The molecule has 1 saturated carbocycles. The van der Waals surface area contributed by atoms with Gasteiger partial charge in [-0.1, -0.05) is 58.8 Å². The fourth-order valence-corrected chi connectivity index (χ4v) is 3.97. The summed E-state index contributed by atoms with van der Waals surface area (Å²) in [5.74, 6) is 0.507. The molecule has 0 aromatic carbocycles. The van der Waals surface area contributed by atoms with E-state index in [0.29, 0.717) is 24.0 Å². The van der Waals surface area contributed by atoms with E-state index in [1.165, 1.54) is 39.0 Å². The van der Waals surface area contributed by atoms with Crippen LogP contribution in [0.15, 0.2) is 12.3 Å². The van der Waals surface area contributed by atoms with Crippen LogP contribution < -0.4 is 15.4 Å². The topological polar surface area (TPSA) is 85.2 Å². The number of amides is 2. The largest absolute Gasteiger partial charge is 0.477 e. The van der Waals surface area contributed by atoms with Crippen LogP contribution in [0, 0.1) is 5.92 Å². The predicted molar refractivity (Wildman–Crippen MR) is 129 cm³/mol. The second kappa shape index (κ2) is 12.7. The van der Waals surface area contributed by atoms with Crippen LogP contribution in [0.2, 0.25) is 0 Å². The Kier molecular flexibility index (Phi) is 10.3. The molecule has 2 amide bonds. The van der Waals surface area contributed by atoms with E-state index in [9.17, 15) is 9.59 Å². The van der Waals surface area contributed by atoms with Crippen LogP contribution in [0.5, 0.6) is 5.88 Å². The molecule has 0 radical (unpaired) electrons. The standard InChI is InChI=1S/C25H42N4O3/c1-19(2)18-32-24-22(17-26-29(24)16-15-25(4,5)28-20(3)30)23(31)27-21-13-11-9-7-6-8-10-12-14-21/h15-17,19,21H,6-14,18H2,1-5H3,(H,27,31)(H,28,30). The lowest BCUT2D eigenvalue weighted by Gasteiger charge is -2.21. The van der Waals surface area contributed by atoms with Gasteiger partial charge in [0.15, 0.2) is 0 Å². The first kappa shape index (κ1) is 25.9. The summed E-state index contributed by atoms with van der Waals surface area (Å²) in [5, 5.41) is 10.5. The Balaban J connectivity index is 2.17. The van der Waals surface area contributed by atoms with Crippen LogP contribution in [0.25, 0.3) is 6.20 Å². The van der Waals surface area contributed by atoms with Crippen molar-refractivity contribution in [3.05, 3.63) is 17.8 Å². The highest BCUT2D eigenvalue weighted by Gasteiger charge is 2.22. The predicted octanol–water partition coefficient (Wildman–Crippen LogP) is 4.93. The average Bonchev–Trinajstić information content (AvgIpc) is 3.12. The molecule has 1 aromatic rings. The highest BCUT2D eigenvalue weighted by molar-refractivity contribution is 5.96. The molecule has 0 spiro atoms. The zero-order chi connectivity index (χ0) is 23.6. The summed E-state index contributed by atoms with van der Waals surface area (Å²) < 4.78 is 7.59. The Hall–Kier alpha value is -2.31. The van der Waals surface area contributed by atoms with Gasteiger partial charge in [-0.25, -0.2) is 4.68 Å². The van der Waals surface area contributed by atoms with E-state index < -0.39 is 5.54 Å². The van der Waals surface area contributed by atoms with E-state index in [-0.39, 0.29) is 17.9 Å². The summed E-state index contributed by atoms with van der Waals surface area (Å²) in [4.78, 5) is 24.6. The minimum Gasteiger partial charge on any atom is -0.477 e. The first-order valence-corrected chi connectivity index (χ1v) is 12.2. The molecule has 1 aliphatic carbocycles. The van der Waals surface area contributed by atoms with Crippen LogP contribution in [0.4, 0.5) is 0 Å². The van der Waals surface area contributed by atoms with Gasteiger partial charge in [0, 0.05) is 19.2 Å². The van der Waals surface area contributed by atoms with Crippen molar-refractivity contribution in [2.24, 2.45) is 5.92 Å². The summed E-state index contributed by atoms with van der Waals surface area (Å²) >= 11 is 0. The van der Waals surface area contributed by atoms with Gasteiger partial charge in [-0.3, -0.25) is 9.59 Å². The fraction of sp³-hybridized carbons (Fsp3) is 0.720. The smallest absolute Gasteiger partial charge is 0.258 e. The Labute approximate surface area is 193 Å². The second-order valence-electron chi connectivity index (χ2n) is 9.95. The minimum absolute atomic E-state index is 0.109. The van der Waals surface area contributed by atoms with Crippen LogP contribution in [-0.2, 0) is 4.79 Å². The molecule has 1 aliphatic rings. The lowest BCUT2D eigenvalue weighted by atomic mass is 9.97. The van der Waals surface area contributed by atoms with E-state index in [1.807, 2.05) is 19.9 Å². The van der Waals surface area contributed by atoms with Gasteiger partial charge in [0.25, 0.3) is 5.91 Å². The van der Waals surface area contributed by atoms with Crippen molar-refractivity contribution in [1.82, 2.24) is 20.4 Å². The zero-order valence-corrected chi connectivity index (χ0v) is 20.6. The number of hydrogen-bond donors (Lipinski definition) is 2. The van der Waals surface area contributed by atoms with Crippen molar-refractivity contribution >= 4 is 18.0 Å². The lowest BCUT2D eigenvalue weighted by molar-refractivity contribution is -0.120. The molecular formula is C25H42N4O3. The molecule has 0 saturated heterocycles. The maximum Gasteiger partial charge on any atom is 0.258 e. The number of rotatable bonds is 8. The van der Waals surface area contributed by atoms with E-state index in [4.69, 9.17) is 4.74 Å². The number of carbonyl (C=O) groups excluding carboxylic acids is 2. The third-order valence-electron chi connectivity index (χ3n) is 5.62. The monoisotopic (exact) mass is 446 g/mol. The van der Waals surface area contributed by atoms with Crippen molar-refractivity contribution in [2.75, 3.05) is 6.61 Å². The summed E-state index contributed by atoms with van der Waals surface area (Å²) in [5.41, 5.74) is -0.101. The summed E-state index contributed by atoms with van der Waals surface area (Å²) in [6, 6.07) is 0.191. The third-order valence-corrected chi connectivity index (χ3v) is 5.62. The van der Waals surface area contributed by atoms with Crippen molar-refractivity contribution in [3.63, 3.8) is 0 Å². The van der Waals surface area contributed by atoms with Gasteiger partial charge in [-0.15, -0.1) is 0 Å². The molecule has 1 fully saturated rings. The van der Waals surface area contributed by atoms with Crippen molar-refractivity contribution in [1.29, 1.82) is 0 Å². The highest BCUT2D eigenvalue weighted by Crippen LogP contribution is 2.22. The maximum absolute atomic E-state index is 13.2. The molecule has 2 N–H and O–H groups in total. The zero-order valence-electron chi connectivity index (χ0n) is 20.6. The molecule has 1 aromatic heterocycles. The summed E-state index contributed by atoms with van der Waals surface area (Å²) in [7, 11) is 0. The van der Waals surface area contributed by atoms with Gasteiger partial charge >= 0.3 is 0 Å². The fourth-order valence-electron chi connectivity index (χ4n) is 3.97. The van der Waals surface area contributed by atoms with Gasteiger partial charge in [0.2, 0.25) is 11.8 Å². The Morgan fingerprint density at radius 2 is 1.75 bits per heavy atom. The quantitative estimate of drug-likeness (QED) is 0.593. The second-order valence-corrected chi connectivity index (χ2v) is 9.95. The number of nitrogens with zero attached hydrogens (tertiary/aromatic N) is 2. The van der Waals surface area contributed by atoms with Crippen molar-refractivity contribution < 1.29 is 14.3 Å². The number of carbonyl (C=O) groups is 2. The summed E-state index contributed by atoms with van der Waals surface area (Å²) in [6.45, 7) is 9.90. The van der Waals surface area contributed by atoms with E-state index in [2.05, 4.69) is 29.6 Å². The molecule has 7 nitrogen and oxygen atoms in total. The van der Waals surface area contributed by atoms with Gasteiger partial charge in [-0.2, -0.15) is 5.10 Å². The molecule has 0 aliphatic heterocycles. The first-order chi connectivity index (χ1) is 15.2. The van der Waals surface area contributed by atoms with E-state index in [1.54, 1.807) is 17.1 Å². The maximum atomic E-state index is 13.2. The number of ether oxygens (including phenoxy) is 1. The van der Waals surface area contributed by atoms with Gasteiger partial charge in [-0.05, 0) is 38.7 Å². The molecule has 32 heavy (non-hydrogen) atoms.